The number of thioether (sulfide) groups is 1. The second kappa shape index (κ2) is 10.6. The molecule has 10 heteroatoms. The largest absolute Gasteiger partial charge is 0.445 e. The molecule has 0 aromatic heterocycles. The molecule has 2 aliphatic heterocycles. The van der Waals surface area contributed by atoms with E-state index < -0.39 is 16.1 Å². The van der Waals surface area contributed by atoms with Gasteiger partial charge in [0.15, 0.2) is 0 Å². The average Bonchev–Trinajstić information content (AvgIpc) is 3.41. The second-order valence-corrected chi connectivity index (χ2v) is 11.6. The number of hydrogen-bond acceptors (Lipinski definition) is 6. The Morgan fingerprint density at radius 1 is 1.09 bits per heavy atom. The fourth-order valence-electron chi connectivity index (χ4n) is 4.11. The van der Waals surface area contributed by atoms with E-state index in [1.807, 2.05) is 30.3 Å². The van der Waals surface area contributed by atoms with Crippen LogP contribution in [0.2, 0.25) is 0 Å². The molecule has 8 nitrogen and oxygen atoms in total. The first-order chi connectivity index (χ1) is 16.3. The highest BCUT2D eigenvalue weighted by atomic mass is 32.2. The Morgan fingerprint density at radius 2 is 1.82 bits per heavy atom. The molecule has 34 heavy (non-hydrogen) atoms. The van der Waals surface area contributed by atoms with Gasteiger partial charge in [0.2, 0.25) is 15.9 Å². The van der Waals surface area contributed by atoms with Crippen LogP contribution in [0.5, 0.6) is 0 Å². The Hall–Kier alpha value is -2.82. The lowest BCUT2D eigenvalue weighted by Gasteiger charge is -2.19. The summed E-state index contributed by atoms with van der Waals surface area (Å²) < 4.78 is 32.9. The molecule has 0 radical (unpaired) electrons. The van der Waals surface area contributed by atoms with Gasteiger partial charge in [-0.3, -0.25) is 4.79 Å². The molecule has 180 valence electrons. The third-order valence-corrected chi connectivity index (χ3v) is 9.27. The highest BCUT2D eigenvalue weighted by Crippen LogP contribution is 2.43. The Bertz CT molecular complexity index is 1120. The Balaban J connectivity index is 1.27. The molecule has 4 rings (SSSR count). The van der Waals surface area contributed by atoms with Crippen LogP contribution in [0.15, 0.2) is 72.1 Å². The number of amides is 2. The lowest BCUT2D eigenvalue weighted by atomic mass is 10.1. The minimum atomic E-state index is -3.61. The Morgan fingerprint density at radius 3 is 2.50 bits per heavy atom. The summed E-state index contributed by atoms with van der Waals surface area (Å²) in [6.07, 6.45) is 1.45. The van der Waals surface area contributed by atoms with Crippen molar-refractivity contribution in [2.45, 2.75) is 35.1 Å². The number of alkyl carbamates (subject to hydrolysis) is 1. The van der Waals surface area contributed by atoms with Gasteiger partial charge in [0, 0.05) is 24.9 Å². The van der Waals surface area contributed by atoms with Crippen LogP contribution in [0.3, 0.4) is 0 Å². The molecule has 2 fully saturated rings. The maximum absolute atomic E-state index is 13.1. The maximum atomic E-state index is 13.1. The standard InChI is InChI=1S/C24H27N3O5S2/c1-2-22(28)26-23-12-19-14-27(15-21(19)33-23)34(30,31)20-10-8-17(9-11-20)13-25-24(29)32-16-18-6-4-3-5-7-18/h2-11,19,21,23H,1,12-16H2,(H,25,29)(H,26,28). The number of sulfonamides is 1. The van der Waals surface area contributed by atoms with Crippen LogP contribution >= 0.6 is 11.8 Å². The van der Waals surface area contributed by atoms with Crippen LogP contribution in [0.1, 0.15) is 17.5 Å². The molecule has 0 saturated carbocycles. The number of carbonyl (C=O) groups is 2. The highest BCUT2D eigenvalue weighted by molar-refractivity contribution is 8.00. The van der Waals surface area contributed by atoms with Crippen LogP contribution in [-0.4, -0.2) is 48.4 Å². The zero-order valence-corrected chi connectivity index (χ0v) is 20.2. The van der Waals surface area contributed by atoms with E-state index in [0.717, 1.165) is 17.5 Å². The number of fused-ring (bicyclic) bond motifs is 1. The van der Waals surface area contributed by atoms with E-state index in [1.54, 1.807) is 36.0 Å². The summed E-state index contributed by atoms with van der Waals surface area (Å²) in [7, 11) is -3.61. The average molecular weight is 502 g/mol. The van der Waals surface area contributed by atoms with Crippen molar-refractivity contribution < 1.29 is 22.7 Å². The lowest BCUT2D eigenvalue weighted by molar-refractivity contribution is -0.116. The van der Waals surface area contributed by atoms with Gasteiger partial charge in [-0.25, -0.2) is 13.2 Å². The summed E-state index contributed by atoms with van der Waals surface area (Å²) in [6, 6.07) is 15.9. The molecule has 3 unspecified atom stereocenters. The zero-order valence-electron chi connectivity index (χ0n) is 18.6. The number of hydrogen-bond donors (Lipinski definition) is 2. The third-order valence-electron chi connectivity index (χ3n) is 5.90. The van der Waals surface area contributed by atoms with Gasteiger partial charge in [-0.1, -0.05) is 49.0 Å². The number of ether oxygens (including phenoxy) is 1. The molecular weight excluding hydrogens is 474 g/mol. The molecule has 2 aromatic carbocycles. The summed E-state index contributed by atoms with van der Waals surface area (Å²) in [5, 5.41) is 5.71. The molecule has 2 aromatic rings. The van der Waals surface area contributed by atoms with E-state index in [1.165, 1.54) is 10.4 Å². The zero-order chi connectivity index (χ0) is 24.1. The topological polar surface area (TPSA) is 105 Å². The second-order valence-electron chi connectivity index (χ2n) is 8.25. The molecule has 2 heterocycles. The van der Waals surface area contributed by atoms with E-state index >= 15 is 0 Å². The van der Waals surface area contributed by atoms with Crippen molar-refractivity contribution in [3.63, 3.8) is 0 Å². The normalized spacial score (nSPS) is 22.1. The van der Waals surface area contributed by atoms with E-state index in [9.17, 15) is 18.0 Å². The molecular formula is C24H27N3O5S2. The summed E-state index contributed by atoms with van der Waals surface area (Å²) in [5.41, 5.74) is 1.67. The molecule has 0 bridgehead atoms. The molecule has 2 N–H and O–H groups in total. The molecule has 3 atom stereocenters. The predicted molar refractivity (Wildman–Crippen MR) is 130 cm³/mol. The van der Waals surface area contributed by atoms with Gasteiger partial charge in [-0.2, -0.15) is 4.31 Å². The van der Waals surface area contributed by atoms with Crippen molar-refractivity contribution in [2.75, 3.05) is 13.1 Å². The van der Waals surface area contributed by atoms with E-state index in [-0.39, 0.29) is 40.5 Å². The molecule has 0 spiro atoms. The first-order valence-corrected chi connectivity index (χ1v) is 13.4. The summed E-state index contributed by atoms with van der Waals surface area (Å²) in [6.45, 7) is 4.74. The molecule has 2 amide bonds. The SMILES string of the molecule is C=CC(=O)NC1CC2CN(S(=O)(=O)c3ccc(CNC(=O)OCc4ccccc4)cc3)CC2S1. The van der Waals surface area contributed by atoms with Crippen molar-refractivity contribution in [2.24, 2.45) is 5.92 Å². The lowest BCUT2D eigenvalue weighted by Crippen LogP contribution is -2.33. The fraction of sp³-hybridized carbons (Fsp3) is 0.333. The Kier molecular flexibility index (Phi) is 7.60. The van der Waals surface area contributed by atoms with Crippen molar-refractivity contribution >= 4 is 33.8 Å². The van der Waals surface area contributed by atoms with Crippen molar-refractivity contribution in [1.82, 2.24) is 14.9 Å². The van der Waals surface area contributed by atoms with E-state index in [2.05, 4.69) is 17.2 Å². The highest BCUT2D eigenvalue weighted by Gasteiger charge is 2.45. The molecule has 0 aliphatic carbocycles. The molecule has 2 aliphatic rings. The summed E-state index contributed by atoms with van der Waals surface area (Å²) in [4.78, 5) is 23.7. The van der Waals surface area contributed by atoms with Gasteiger partial charge < -0.3 is 15.4 Å². The number of nitrogens with one attached hydrogen (secondary N) is 2. The Labute approximate surface area is 203 Å². The van der Waals surface area contributed by atoms with Crippen LogP contribution in [-0.2, 0) is 32.7 Å². The summed E-state index contributed by atoms with van der Waals surface area (Å²) in [5.74, 6) is 0.00116. The quantitative estimate of drug-likeness (QED) is 0.539. The van der Waals surface area contributed by atoms with Crippen molar-refractivity contribution in [1.29, 1.82) is 0 Å². The maximum Gasteiger partial charge on any atom is 0.407 e. The first-order valence-electron chi connectivity index (χ1n) is 11.0. The number of nitrogens with zero attached hydrogens (tertiary/aromatic N) is 1. The van der Waals surface area contributed by atoms with Gasteiger partial charge in [-0.05, 0) is 41.7 Å². The molecule has 2 saturated heterocycles. The van der Waals surface area contributed by atoms with Gasteiger partial charge in [0.25, 0.3) is 0 Å². The van der Waals surface area contributed by atoms with Crippen molar-refractivity contribution in [3.8, 4) is 0 Å². The van der Waals surface area contributed by atoms with E-state index in [0.29, 0.717) is 13.1 Å². The van der Waals surface area contributed by atoms with Crippen LogP contribution < -0.4 is 10.6 Å². The monoisotopic (exact) mass is 501 g/mol. The fourth-order valence-corrected chi connectivity index (χ4v) is 7.38. The smallest absolute Gasteiger partial charge is 0.407 e. The van der Waals surface area contributed by atoms with E-state index in [4.69, 9.17) is 4.74 Å². The van der Waals surface area contributed by atoms with Gasteiger partial charge in [0.05, 0.1) is 10.3 Å². The predicted octanol–water partition coefficient (Wildman–Crippen LogP) is 2.87. The van der Waals surface area contributed by atoms with Gasteiger partial charge >= 0.3 is 6.09 Å². The summed E-state index contributed by atoms with van der Waals surface area (Å²) >= 11 is 1.62. The van der Waals surface area contributed by atoms with Crippen LogP contribution in [0.25, 0.3) is 0 Å². The first kappa shape index (κ1) is 24.3. The van der Waals surface area contributed by atoms with Crippen molar-refractivity contribution in [3.05, 3.63) is 78.4 Å². The number of benzene rings is 2. The van der Waals surface area contributed by atoms with Crippen LogP contribution in [0, 0.1) is 5.92 Å². The van der Waals surface area contributed by atoms with Gasteiger partial charge in [0.1, 0.15) is 6.61 Å². The third kappa shape index (κ3) is 5.81. The van der Waals surface area contributed by atoms with Gasteiger partial charge in [-0.15, -0.1) is 11.8 Å². The number of rotatable bonds is 8. The minimum absolute atomic E-state index is 0.00322. The van der Waals surface area contributed by atoms with Crippen LogP contribution in [0.4, 0.5) is 4.79 Å². The minimum Gasteiger partial charge on any atom is -0.445 e. The number of carbonyl (C=O) groups excluding carboxylic acids is 2.